The van der Waals surface area contributed by atoms with Crippen molar-refractivity contribution >= 4 is 5.96 Å². The summed E-state index contributed by atoms with van der Waals surface area (Å²) in [6, 6.07) is 0. The van der Waals surface area contributed by atoms with Gasteiger partial charge in [0.25, 0.3) is 0 Å². The van der Waals surface area contributed by atoms with Crippen molar-refractivity contribution in [2.24, 2.45) is 10.8 Å². The molecule has 0 aromatic heterocycles. The molecule has 0 rings (SSSR count). The van der Waals surface area contributed by atoms with E-state index in [0.717, 1.165) is 51.6 Å². The number of nitrogens with zero attached hydrogens (tertiary/aromatic N) is 3. The highest BCUT2D eigenvalue weighted by Crippen LogP contribution is 1.95. The molecule has 0 aromatic carbocycles. The lowest BCUT2D eigenvalue weighted by Gasteiger charge is -2.24. The normalized spacial score (nSPS) is 12.0. The van der Waals surface area contributed by atoms with Gasteiger partial charge in [0.2, 0.25) is 5.96 Å². The van der Waals surface area contributed by atoms with Crippen molar-refractivity contribution in [1.82, 2.24) is 15.2 Å². The van der Waals surface area contributed by atoms with Crippen LogP contribution >= 0.6 is 0 Å². The molecule has 0 aliphatic carbocycles. The van der Waals surface area contributed by atoms with E-state index in [-0.39, 0.29) is 0 Å². The molecule has 0 atom stereocenters. The van der Waals surface area contributed by atoms with Crippen LogP contribution in [0, 0.1) is 0 Å². The van der Waals surface area contributed by atoms with Gasteiger partial charge in [-0.3, -0.25) is 10.4 Å². The molecule has 0 aliphatic heterocycles. The fourth-order valence-electron chi connectivity index (χ4n) is 1.62. The molecule has 18 heavy (non-hydrogen) atoms. The molecule has 0 radical (unpaired) electrons. The summed E-state index contributed by atoms with van der Waals surface area (Å²) >= 11 is 0. The van der Waals surface area contributed by atoms with Gasteiger partial charge in [0.05, 0.1) is 0 Å². The van der Waals surface area contributed by atoms with Gasteiger partial charge in [-0.2, -0.15) is 0 Å². The summed E-state index contributed by atoms with van der Waals surface area (Å²) in [6.45, 7) is 6.50. The third kappa shape index (κ3) is 8.27. The molecule has 0 aromatic rings. The smallest absolute Gasteiger partial charge is 0.208 e. The number of hydrogen-bond acceptors (Lipinski definition) is 4. The fourth-order valence-corrected chi connectivity index (χ4v) is 1.62. The minimum absolute atomic E-state index is 0.730. The Hall–Kier alpha value is -0.850. The van der Waals surface area contributed by atoms with Gasteiger partial charge in [0.15, 0.2) is 0 Å². The van der Waals surface area contributed by atoms with Crippen molar-refractivity contribution < 1.29 is 4.74 Å². The van der Waals surface area contributed by atoms with Gasteiger partial charge in [-0.25, -0.2) is 5.84 Å². The molecule has 0 amide bonds. The summed E-state index contributed by atoms with van der Waals surface area (Å²) < 4.78 is 5.00. The summed E-state index contributed by atoms with van der Waals surface area (Å²) in [7, 11) is 5.86. The Balaban J connectivity index is 4.11. The van der Waals surface area contributed by atoms with Gasteiger partial charge >= 0.3 is 0 Å². The molecule has 0 spiro atoms. The molecular weight excluding hydrogens is 230 g/mol. The van der Waals surface area contributed by atoms with Crippen LogP contribution in [-0.2, 0) is 4.74 Å². The Morgan fingerprint density at radius 1 is 1.28 bits per heavy atom. The summed E-state index contributed by atoms with van der Waals surface area (Å²) in [5.74, 6) is 6.30. The summed E-state index contributed by atoms with van der Waals surface area (Å²) in [5, 5.41) is 0. The van der Waals surface area contributed by atoms with Crippen molar-refractivity contribution in [2.75, 3.05) is 54.0 Å². The van der Waals surface area contributed by atoms with E-state index in [0.29, 0.717) is 0 Å². The lowest BCUT2D eigenvalue weighted by atomic mass is 10.3. The molecule has 0 saturated carbocycles. The Labute approximate surface area is 111 Å². The first kappa shape index (κ1) is 17.2. The van der Waals surface area contributed by atoms with Crippen LogP contribution in [0.4, 0.5) is 0 Å². The second-order valence-electron chi connectivity index (χ2n) is 4.43. The Morgan fingerprint density at radius 2 is 2.00 bits per heavy atom. The highest BCUT2D eigenvalue weighted by molar-refractivity contribution is 5.79. The first-order chi connectivity index (χ1) is 8.65. The van der Waals surface area contributed by atoms with E-state index in [1.54, 1.807) is 7.11 Å². The van der Waals surface area contributed by atoms with Crippen LogP contribution in [0.2, 0.25) is 0 Å². The summed E-state index contributed by atoms with van der Waals surface area (Å²) in [5.41, 5.74) is 2.69. The van der Waals surface area contributed by atoms with Crippen LogP contribution in [0.5, 0.6) is 0 Å². The van der Waals surface area contributed by atoms with E-state index in [2.05, 4.69) is 41.2 Å². The Morgan fingerprint density at radius 3 is 2.50 bits per heavy atom. The molecule has 0 aliphatic rings. The third-order valence-electron chi connectivity index (χ3n) is 2.61. The molecule has 0 saturated heterocycles. The predicted octanol–water partition coefficient (Wildman–Crippen LogP) is 0.116. The van der Waals surface area contributed by atoms with Gasteiger partial charge in [0, 0.05) is 33.4 Å². The average molecular weight is 259 g/mol. The van der Waals surface area contributed by atoms with Crippen molar-refractivity contribution in [2.45, 2.75) is 19.8 Å². The minimum Gasteiger partial charge on any atom is -0.385 e. The summed E-state index contributed by atoms with van der Waals surface area (Å²) in [4.78, 5) is 8.80. The molecular formula is C12H29N5O. The lowest BCUT2D eigenvalue weighted by Crippen LogP contribution is -2.45. The van der Waals surface area contributed by atoms with Crippen molar-refractivity contribution in [3.8, 4) is 0 Å². The van der Waals surface area contributed by atoms with Crippen LogP contribution < -0.4 is 11.3 Å². The van der Waals surface area contributed by atoms with E-state index in [1.807, 2.05) is 0 Å². The minimum atomic E-state index is 0.730. The number of nitrogens with one attached hydrogen (secondary N) is 1. The lowest BCUT2D eigenvalue weighted by molar-refractivity contribution is 0.197. The number of aliphatic imine (C=N–C) groups is 1. The molecule has 0 bridgehead atoms. The maximum atomic E-state index is 5.53. The van der Waals surface area contributed by atoms with Gasteiger partial charge < -0.3 is 14.5 Å². The standard InChI is InChI=1S/C12H29N5O/c1-5-17(10-7-9-16(2)3)12(15-13)14-8-6-11-18-4/h5-11,13H2,1-4H3,(H,14,15). The summed E-state index contributed by atoms with van der Waals surface area (Å²) in [6.07, 6.45) is 2.01. The molecule has 6 nitrogen and oxygen atoms in total. The average Bonchev–Trinajstić information content (AvgIpc) is 2.35. The number of methoxy groups -OCH3 is 1. The quantitative estimate of drug-likeness (QED) is 0.202. The van der Waals surface area contributed by atoms with Crippen LogP contribution in [-0.4, -0.2) is 69.8 Å². The van der Waals surface area contributed by atoms with Crippen molar-refractivity contribution in [3.05, 3.63) is 0 Å². The molecule has 0 heterocycles. The van der Waals surface area contributed by atoms with Gasteiger partial charge in [-0.05, 0) is 40.4 Å². The van der Waals surface area contributed by atoms with Crippen LogP contribution in [0.3, 0.4) is 0 Å². The number of hydrogen-bond donors (Lipinski definition) is 2. The van der Waals surface area contributed by atoms with Gasteiger partial charge in [-0.1, -0.05) is 0 Å². The zero-order valence-corrected chi connectivity index (χ0v) is 12.3. The topological polar surface area (TPSA) is 66.1 Å². The highest BCUT2D eigenvalue weighted by Gasteiger charge is 2.07. The molecule has 0 unspecified atom stereocenters. The number of nitrogens with two attached hydrogens (primary N) is 1. The van der Waals surface area contributed by atoms with Crippen LogP contribution in [0.25, 0.3) is 0 Å². The zero-order chi connectivity index (χ0) is 13.8. The first-order valence-electron chi connectivity index (χ1n) is 6.55. The largest absolute Gasteiger partial charge is 0.385 e. The molecule has 108 valence electrons. The second-order valence-corrected chi connectivity index (χ2v) is 4.43. The van der Waals surface area contributed by atoms with Crippen molar-refractivity contribution in [3.63, 3.8) is 0 Å². The Kier molecular flexibility index (Phi) is 10.7. The van der Waals surface area contributed by atoms with Crippen LogP contribution in [0.1, 0.15) is 19.8 Å². The zero-order valence-electron chi connectivity index (χ0n) is 12.3. The van der Waals surface area contributed by atoms with E-state index in [1.165, 1.54) is 0 Å². The molecule has 6 heteroatoms. The van der Waals surface area contributed by atoms with Crippen molar-refractivity contribution in [1.29, 1.82) is 0 Å². The van der Waals surface area contributed by atoms with E-state index >= 15 is 0 Å². The molecule has 3 N–H and O–H groups in total. The fraction of sp³-hybridized carbons (Fsp3) is 0.917. The van der Waals surface area contributed by atoms with Crippen LogP contribution in [0.15, 0.2) is 4.99 Å². The second kappa shape index (κ2) is 11.3. The SMILES string of the molecule is CCN(CCCN(C)C)C(=NCCCOC)NN. The first-order valence-corrected chi connectivity index (χ1v) is 6.55. The maximum absolute atomic E-state index is 5.53. The number of guanidine groups is 1. The van der Waals surface area contributed by atoms with Gasteiger partial charge in [-0.15, -0.1) is 0 Å². The highest BCUT2D eigenvalue weighted by atomic mass is 16.5. The Bertz CT molecular complexity index is 221. The monoisotopic (exact) mass is 259 g/mol. The van der Waals surface area contributed by atoms with E-state index in [4.69, 9.17) is 10.6 Å². The third-order valence-corrected chi connectivity index (χ3v) is 2.61. The maximum Gasteiger partial charge on any atom is 0.208 e. The van der Waals surface area contributed by atoms with E-state index in [9.17, 15) is 0 Å². The predicted molar refractivity (Wildman–Crippen MR) is 76.5 cm³/mol. The number of ether oxygens (including phenoxy) is 1. The van der Waals surface area contributed by atoms with Gasteiger partial charge in [0.1, 0.15) is 0 Å². The number of hydrazine groups is 1. The molecule has 0 fully saturated rings. The van der Waals surface area contributed by atoms with E-state index < -0.39 is 0 Å². The number of rotatable bonds is 9.